The Bertz CT molecular complexity index is 430. The van der Waals surface area contributed by atoms with E-state index in [0.29, 0.717) is 23.5 Å². The van der Waals surface area contributed by atoms with Gasteiger partial charge in [0.25, 0.3) is 0 Å². The van der Waals surface area contributed by atoms with Crippen LogP contribution >= 0.6 is 11.3 Å². The second-order valence-electron chi connectivity index (χ2n) is 3.81. The molecule has 1 rings (SSSR count). The van der Waals surface area contributed by atoms with E-state index in [9.17, 15) is 4.79 Å². The first-order valence-electron chi connectivity index (χ1n) is 5.78. The van der Waals surface area contributed by atoms with Crippen LogP contribution in [0.15, 0.2) is 25.3 Å². The van der Waals surface area contributed by atoms with Gasteiger partial charge in [0.1, 0.15) is 9.88 Å². The lowest BCUT2D eigenvalue weighted by atomic mass is 10.3. The van der Waals surface area contributed by atoms with E-state index in [1.54, 1.807) is 0 Å². The molecule has 0 radical (unpaired) electrons. The number of nitrogens with zero attached hydrogens (tertiary/aromatic N) is 2. The predicted molar refractivity (Wildman–Crippen MR) is 74.1 cm³/mol. The van der Waals surface area contributed by atoms with Crippen molar-refractivity contribution in [3.63, 3.8) is 0 Å². The molecule has 0 amide bonds. The molecule has 0 fully saturated rings. The van der Waals surface area contributed by atoms with Crippen LogP contribution in [0.4, 0.5) is 0 Å². The quantitative estimate of drug-likeness (QED) is 0.735. The molecule has 0 bridgehead atoms. The largest absolute Gasteiger partial charge is 0.477 e. The second-order valence-corrected chi connectivity index (χ2v) is 4.90. The number of thiazole rings is 1. The molecule has 0 saturated heterocycles. The van der Waals surface area contributed by atoms with E-state index >= 15 is 0 Å². The average Bonchev–Trinajstić information content (AvgIpc) is 2.73. The molecule has 0 unspecified atom stereocenters. The van der Waals surface area contributed by atoms with E-state index in [2.05, 4.69) is 23.0 Å². The summed E-state index contributed by atoms with van der Waals surface area (Å²) in [5.41, 5.74) is 0.666. The lowest BCUT2D eigenvalue weighted by molar-refractivity contribution is 0.0701. The first kappa shape index (κ1) is 14.6. The predicted octanol–water partition coefficient (Wildman–Crippen LogP) is 2.58. The fourth-order valence-electron chi connectivity index (χ4n) is 1.64. The highest BCUT2D eigenvalue weighted by Gasteiger charge is 2.16. The van der Waals surface area contributed by atoms with Gasteiger partial charge >= 0.3 is 5.97 Å². The summed E-state index contributed by atoms with van der Waals surface area (Å²) in [6.07, 6.45) is 4.27. The van der Waals surface area contributed by atoms with Crippen molar-refractivity contribution >= 4 is 17.3 Å². The maximum atomic E-state index is 11.1. The average molecular weight is 266 g/mol. The monoisotopic (exact) mass is 266 g/mol. The van der Waals surface area contributed by atoms with Gasteiger partial charge in [0, 0.05) is 13.1 Å². The maximum absolute atomic E-state index is 11.1. The summed E-state index contributed by atoms with van der Waals surface area (Å²) in [4.78, 5) is 17.9. The van der Waals surface area contributed by atoms with Crippen LogP contribution in [-0.4, -0.2) is 34.0 Å². The van der Waals surface area contributed by atoms with Crippen LogP contribution in [0.25, 0.3) is 0 Å². The molecule has 1 heterocycles. The highest BCUT2D eigenvalue weighted by molar-refractivity contribution is 7.13. The number of aromatic nitrogens is 1. The van der Waals surface area contributed by atoms with Gasteiger partial charge in [-0.2, -0.15) is 0 Å². The van der Waals surface area contributed by atoms with Crippen molar-refractivity contribution in [1.82, 2.24) is 9.88 Å². The van der Waals surface area contributed by atoms with Crippen LogP contribution in [0.5, 0.6) is 0 Å². The fraction of sp³-hybridized carbons (Fsp3) is 0.385. The van der Waals surface area contributed by atoms with Crippen molar-refractivity contribution in [2.75, 3.05) is 13.1 Å². The van der Waals surface area contributed by atoms with E-state index in [1.807, 2.05) is 19.1 Å². The molecule has 0 spiro atoms. The highest BCUT2D eigenvalue weighted by Crippen LogP contribution is 2.20. The molecule has 5 heteroatoms. The molecule has 4 nitrogen and oxygen atoms in total. The maximum Gasteiger partial charge on any atom is 0.347 e. The van der Waals surface area contributed by atoms with Crippen LogP contribution in [0, 0.1) is 0 Å². The van der Waals surface area contributed by atoms with Crippen molar-refractivity contribution in [3.05, 3.63) is 40.9 Å². The van der Waals surface area contributed by atoms with Crippen molar-refractivity contribution < 1.29 is 9.90 Å². The Balaban J connectivity index is 2.85. The van der Waals surface area contributed by atoms with E-state index in [0.717, 1.165) is 18.1 Å². The minimum absolute atomic E-state index is 0.352. The van der Waals surface area contributed by atoms with Gasteiger partial charge in [-0.15, -0.1) is 24.5 Å². The number of rotatable bonds is 8. The number of carbonyl (C=O) groups is 1. The molecule has 0 aliphatic rings. The van der Waals surface area contributed by atoms with Gasteiger partial charge in [-0.3, -0.25) is 4.90 Å². The molecule has 0 aliphatic carbocycles. The Morgan fingerprint density at radius 3 is 2.44 bits per heavy atom. The molecule has 0 aliphatic heterocycles. The van der Waals surface area contributed by atoms with Gasteiger partial charge < -0.3 is 5.11 Å². The van der Waals surface area contributed by atoms with Crippen molar-refractivity contribution in [2.24, 2.45) is 0 Å². The standard InChI is InChI=1S/C13H18N2O2S/c1-4-7-15(8-5-2)9-11-14-10(6-3)12(18-11)13(16)17/h4-5H,1-2,6-9H2,3H3,(H,16,17). The highest BCUT2D eigenvalue weighted by atomic mass is 32.1. The Kier molecular flexibility index (Phi) is 5.74. The van der Waals surface area contributed by atoms with Gasteiger partial charge in [-0.05, 0) is 6.42 Å². The third-order valence-electron chi connectivity index (χ3n) is 2.40. The lowest BCUT2D eigenvalue weighted by Crippen LogP contribution is -2.23. The Labute approximate surface area is 111 Å². The van der Waals surface area contributed by atoms with Crippen LogP contribution in [0.2, 0.25) is 0 Å². The summed E-state index contributed by atoms with van der Waals surface area (Å²) in [6.45, 7) is 11.4. The molecular formula is C13H18N2O2S. The summed E-state index contributed by atoms with van der Waals surface area (Å²) in [5, 5.41) is 9.90. The zero-order valence-electron chi connectivity index (χ0n) is 10.6. The topological polar surface area (TPSA) is 53.4 Å². The normalized spacial score (nSPS) is 10.6. The SMILES string of the molecule is C=CCN(CC=C)Cc1nc(CC)c(C(=O)O)s1. The molecule has 1 aromatic heterocycles. The van der Waals surface area contributed by atoms with Gasteiger partial charge in [-0.1, -0.05) is 19.1 Å². The smallest absolute Gasteiger partial charge is 0.347 e. The number of hydrogen-bond acceptors (Lipinski definition) is 4. The minimum atomic E-state index is -0.894. The lowest BCUT2D eigenvalue weighted by Gasteiger charge is -2.16. The zero-order chi connectivity index (χ0) is 13.5. The molecule has 1 N–H and O–H groups in total. The van der Waals surface area contributed by atoms with Crippen LogP contribution in [0.3, 0.4) is 0 Å². The van der Waals surface area contributed by atoms with Crippen molar-refractivity contribution in [3.8, 4) is 0 Å². The summed E-state index contributed by atoms with van der Waals surface area (Å²) < 4.78 is 0. The Morgan fingerprint density at radius 1 is 1.44 bits per heavy atom. The third-order valence-corrected chi connectivity index (χ3v) is 3.47. The van der Waals surface area contributed by atoms with Gasteiger partial charge in [-0.25, -0.2) is 9.78 Å². The first-order chi connectivity index (χ1) is 8.62. The van der Waals surface area contributed by atoms with Crippen LogP contribution in [0.1, 0.15) is 27.3 Å². The molecule has 18 heavy (non-hydrogen) atoms. The third kappa shape index (κ3) is 3.78. The Morgan fingerprint density at radius 2 is 2.06 bits per heavy atom. The molecule has 0 aromatic carbocycles. The number of carboxylic acid groups (broad SMARTS) is 1. The van der Waals surface area contributed by atoms with E-state index in [-0.39, 0.29) is 0 Å². The summed E-state index contributed by atoms with van der Waals surface area (Å²) in [5.74, 6) is -0.894. The Hall–Kier alpha value is -1.46. The van der Waals surface area contributed by atoms with E-state index in [1.165, 1.54) is 11.3 Å². The zero-order valence-corrected chi connectivity index (χ0v) is 11.4. The molecular weight excluding hydrogens is 248 g/mol. The fourth-order valence-corrected chi connectivity index (χ4v) is 2.67. The molecule has 98 valence electrons. The van der Waals surface area contributed by atoms with Gasteiger partial charge in [0.15, 0.2) is 0 Å². The summed E-state index contributed by atoms with van der Waals surface area (Å²) >= 11 is 1.25. The minimum Gasteiger partial charge on any atom is -0.477 e. The first-order valence-corrected chi connectivity index (χ1v) is 6.60. The molecule has 0 atom stereocenters. The molecule has 0 saturated carbocycles. The van der Waals surface area contributed by atoms with Crippen LogP contribution < -0.4 is 0 Å². The van der Waals surface area contributed by atoms with Gasteiger partial charge in [0.05, 0.1) is 12.2 Å². The second kappa shape index (κ2) is 7.08. The van der Waals surface area contributed by atoms with Gasteiger partial charge in [0.2, 0.25) is 0 Å². The summed E-state index contributed by atoms with van der Waals surface area (Å²) in [6, 6.07) is 0. The molecule has 1 aromatic rings. The summed E-state index contributed by atoms with van der Waals surface area (Å²) in [7, 11) is 0. The number of carboxylic acids is 1. The number of hydrogen-bond donors (Lipinski definition) is 1. The van der Waals surface area contributed by atoms with E-state index < -0.39 is 5.97 Å². The number of aryl methyl sites for hydroxylation is 1. The van der Waals surface area contributed by atoms with Crippen molar-refractivity contribution in [1.29, 1.82) is 0 Å². The number of aromatic carboxylic acids is 1. The van der Waals surface area contributed by atoms with Crippen molar-refractivity contribution in [2.45, 2.75) is 19.9 Å². The van der Waals surface area contributed by atoms with Crippen LogP contribution in [-0.2, 0) is 13.0 Å². The van der Waals surface area contributed by atoms with E-state index in [4.69, 9.17) is 5.11 Å².